The number of rotatable bonds is 5. The fourth-order valence-electron chi connectivity index (χ4n) is 2.40. The Morgan fingerprint density at radius 2 is 1.83 bits per heavy atom. The fourth-order valence-corrected chi connectivity index (χ4v) is 3.61. The number of benzene rings is 1. The molecule has 1 aromatic carbocycles. The molecule has 0 aliphatic rings. The molecule has 1 unspecified atom stereocenters. The molecule has 0 bridgehead atoms. The van der Waals surface area contributed by atoms with E-state index in [2.05, 4.69) is 9.97 Å². The fraction of sp³-hybridized carbons (Fsp3) is 0.176. The molecule has 23 heavy (non-hydrogen) atoms. The van der Waals surface area contributed by atoms with Crippen molar-refractivity contribution in [3.63, 3.8) is 0 Å². The van der Waals surface area contributed by atoms with Gasteiger partial charge in [0, 0.05) is 38.4 Å². The third-order valence-electron chi connectivity index (χ3n) is 3.47. The van der Waals surface area contributed by atoms with E-state index in [9.17, 15) is 4.21 Å². The van der Waals surface area contributed by atoms with Gasteiger partial charge in [0.15, 0.2) is 0 Å². The lowest BCUT2D eigenvalue weighted by atomic mass is 10.2. The second kappa shape index (κ2) is 6.75. The molecule has 5 nitrogen and oxygen atoms in total. The lowest BCUT2D eigenvalue weighted by Crippen LogP contribution is -2.13. The summed E-state index contributed by atoms with van der Waals surface area (Å²) in [5.41, 5.74) is 2.10. The van der Waals surface area contributed by atoms with Gasteiger partial charge in [-0.3, -0.25) is 8.78 Å². The highest BCUT2D eigenvalue weighted by atomic mass is 32.2. The zero-order valence-electron chi connectivity index (χ0n) is 13.1. The van der Waals surface area contributed by atoms with Crippen LogP contribution in [-0.2, 0) is 16.6 Å². The molecule has 0 aliphatic heterocycles. The Kier molecular flexibility index (Phi) is 4.52. The van der Waals surface area contributed by atoms with Crippen LogP contribution in [0.3, 0.4) is 0 Å². The van der Waals surface area contributed by atoms with Crippen molar-refractivity contribution in [2.24, 2.45) is 0 Å². The van der Waals surface area contributed by atoms with E-state index in [4.69, 9.17) is 0 Å². The lowest BCUT2D eigenvalue weighted by Gasteiger charge is -2.17. The molecule has 0 fully saturated rings. The first-order chi connectivity index (χ1) is 11.2. The molecule has 6 heteroatoms. The summed E-state index contributed by atoms with van der Waals surface area (Å²) in [6.07, 6.45) is 5.15. The largest absolute Gasteiger partial charge is 0.377 e. The molecule has 0 amide bonds. The third kappa shape index (κ3) is 3.32. The number of hydrogen-bond acceptors (Lipinski definition) is 4. The van der Waals surface area contributed by atoms with E-state index in [1.807, 2.05) is 61.5 Å². The maximum atomic E-state index is 12.8. The smallest absolute Gasteiger partial charge is 0.205 e. The number of nitrogens with zero attached hydrogens (tertiary/aromatic N) is 4. The van der Waals surface area contributed by atoms with Gasteiger partial charge < -0.3 is 4.90 Å². The number of para-hydroxylation sites is 1. The van der Waals surface area contributed by atoms with Crippen molar-refractivity contribution in [1.29, 1.82) is 0 Å². The van der Waals surface area contributed by atoms with E-state index in [-0.39, 0.29) is 0 Å². The van der Waals surface area contributed by atoms with Gasteiger partial charge in [0.25, 0.3) is 0 Å². The van der Waals surface area contributed by atoms with Crippen LogP contribution in [0.15, 0.2) is 66.2 Å². The second-order valence-corrected chi connectivity index (χ2v) is 6.63. The van der Waals surface area contributed by atoms with Crippen LogP contribution in [0.4, 0.5) is 5.69 Å². The average molecular weight is 326 g/mol. The Balaban J connectivity index is 1.90. The first-order valence-corrected chi connectivity index (χ1v) is 8.57. The van der Waals surface area contributed by atoms with Crippen LogP contribution in [0.2, 0.25) is 0 Å². The summed E-state index contributed by atoms with van der Waals surface area (Å²) in [5.74, 6) is 1.13. The van der Waals surface area contributed by atoms with Crippen molar-refractivity contribution in [2.45, 2.75) is 10.9 Å². The monoisotopic (exact) mass is 326 g/mol. The minimum atomic E-state index is -1.26. The maximum absolute atomic E-state index is 12.8. The first-order valence-electron chi connectivity index (χ1n) is 7.25. The molecule has 0 N–H and O–H groups in total. The quantitative estimate of drug-likeness (QED) is 0.723. The maximum Gasteiger partial charge on any atom is 0.205 e. The molecular formula is C17H18N4OS. The Hall–Kier alpha value is -2.47. The molecule has 3 aromatic rings. The predicted octanol–water partition coefficient (Wildman–Crippen LogP) is 2.64. The van der Waals surface area contributed by atoms with Gasteiger partial charge in [0.2, 0.25) is 5.16 Å². The van der Waals surface area contributed by atoms with E-state index in [1.54, 1.807) is 23.2 Å². The summed E-state index contributed by atoms with van der Waals surface area (Å²) in [7, 11) is 2.71. The van der Waals surface area contributed by atoms with Crippen LogP contribution >= 0.6 is 0 Å². The van der Waals surface area contributed by atoms with Crippen LogP contribution in [0.5, 0.6) is 0 Å². The van der Waals surface area contributed by atoms with E-state index >= 15 is 0 Å². The summed E-state index contributed by atoms with van der Waals surface area (Å²) in [4.78, 5) is 10.6. The SMILES string of the molecule is CN(C)c1ccccc1CS(=O)c1nccn1-c1ccccn1. The zero-order chi connectivity index (χ0) is 16.2. The highest BCUT2D eigenvalue weighted by molar-refractivity contribution is 7.84. The topological polar surface area (TPSA) is 51.0 Å². The molecule has 3 rings (SSSR count). The van der Waals surface area contributed by atoms with Crippen molar-refractivity contribution >= 4 is 16.5 Å². The van der Waals surface area contributed by atoms with Crippen LogP contribution in [0, 0.1) is 0 Å². The highest BCUT2D eigenvalue weighted by Gasteiger charge is 2.15. The molecular weight excluding hydrogens is 308 g/mol. The van der Waals surface area contributed by atoms with Crippen LogP contribution in [0.1, 0.15) is 5.56 Å². The Labute approximate surface area is 138 Å². The third-order valence-corrected chi connectivity index (χ3v) is 4.75. The number of imidazole rings is 1. The molecule has 2 aromatic heterocycles. The van der Waals surface area contributed by atoms with Crippen LogP contribution in [-0.4, -0.2) is 32.8 Å². The molecule has 118 valence electrons. The minimum absolute atomic E-state index is 0.415. The van der Waals surface area contributed by atoms with Gasteiger partial charge >= 0.3 is 0 Å². The van der Waals surface area contributed by atoms with Gasteiger partial charge in [-0.25, -0.2) is 9.97 Å². The minimum Gasteiger partial charge on any atom is -0.377 e. The molecule has 0 saturated carbocycles. The van der Waals surface area contributed by atoms with E-state index in [1.165, 1.54) is 0 Å². The van der Waals surface area contributed by atoms with Gasteiger partial charge in [-0.2, -0.15) is 0 Å². The Bertz CT molecular complexity index is 814. The van der Waals surface area contributed by atoms with Gasteiger partial charge in [-0.05, 0) is 23.8 Å². The van der Waals surface area contributed by atoms with Gasteiger partial charge in [0.1, 0.15) is 5.82 Å². The number of anilines is 1. The van der Waals surface area contributed by atoms with Crippen molar-refractivity contribution in [2.75, 3.05) is 19.0 Å². The first kappa shape index (κ1) is 15.4. The van der Waals surface area contributed by atoms with Crippen molar-refractivity contribution in [1.82, 2.24) is 14.5 Å². The van der Waals surface area contributed by atoms with Crippen LogP contribution < -0.4 is 4.90 Å². The van der Waals surface area contributed by atoms with Gasteiger partial charge in [-0.1, -0.05) is 24.3 Å². The van der Waals surface area contributed by atoms with Crippen LogP contribution in [0.25, 0.3) is 5.82 Å². The predicted molar refractivity (Wildman–Crippen MR) is 92.2 cm³/mol. The van der Waals surface area contributed by atoms with Crippen molar-refractivity contribution < 1.29 is 4.21 Å². The Morgan fingerprint density at radius 1 is 1.04 bits per heavy atom. The summed E-state index contributed by atoms with van der Waals surface area (Å²) in [5, 5.41) is 0.511. The lowest BCUT2D eigenvalue weighted by molar-refractivity contribution is 0.671. The normalized spacial score (nSPS) is 12.1. The number of hydrogen-bond donors (Lipinski definition) is 0. The molecule has 0 radical (unpaired) electrons. The molecule has 0 aliphatic carbocycles. The Morgan fingerprint density at radius 3 is 2.57 bits per heavy atom. The summed E-state index contributed by atoms with van der Waals surface area (Å²) in [6, 6.07) is 13.6. The number of pyridine rings is 1. The highest BCUT2D eigenvalue weighted by Crippen LogP contribution is 2.22. The van der Waals surface area contributed by atoms with Crippen molar-refractivity contribution in [3.8, 4) is 5.82 Å². The summed E-state index contributed by atoms with van der Waals surface area (Å²) in [6.45, 7) is 0. The van der Waals surface area contributed by atoms with E-state index in [0.717, 1.165) is 11.3 Å². The molecule has 2 heterocycles. The zero-order valence-corrected chi connectivity index (χ0v) is 13.9. The second-order valence-electron chi connectivity index (χ2n) is 5.28. The number of aromatic nitrogens is 3. The van der Waals surface area contributed by atoms with E-state index in [0.29, 0.717) is 16.7 Å². The van der Waals surface area contributed by atoms with Gasteiger partial charge in [-0.15, -0.1) is 0 Å². The van der Waals surface area contributed by atoms with Crippen molar-refractivity contribution in [3.05, 3.63) is 66.6 Å². The summed E-state index contributed by atoms with van der Waals surface area (Å²) < 4.78 is 14.6. The standard InChI is InChI=1S/C17H18N4OS/c1-20(2)15-8-4-3-7-14(15)13-23(22)17-19-11-12-21(17)16-9-5-6-10-18-16/h3-12H,13H2,1-2H3. The molecule has 0 saturated heterocycles. The average Bonchev–Trinajstić information content (AvgIpc) is 3.05. The van der Waals surface area contributed by atoms with Gasteiger partial charge in [0.05, 0.1) is 16.6 Å². The molecule has 1 atom stereocenters. The molecule has 0 spiro atoms. The van der Waals surface area contributed by atoms with E-state index < -0.39 is 10.8 Å². The summed E-state index contributed by atoms with van der Waals surface area (Å²) >= 11 is 0.